The fourth-order valence-electron chi connectivity index (χ4n) is 4.34. The molecular weight excluding hydrogens is 458 g/mol. The summed E-state index contributed by atoms with van der Waals surface area (Å²) in [7, 11) is 0. The van der Waals surface area contributed by atoms with Crippen molar-refractivity contribution in [1.82, 2.24) is 15.1 Å². The number of hydrogen-bond donors (Lipinski definition) is 1. The van der Waals surface area contributed by atoms with E-state index in [4.69, 9.17) is 11.6 Å². The van der Waals surface area contributed by atoms with E-state index in [0.717, 1.165) is 68.9 Å². The lowest BCUT2D eigenvalue weighted by Gasteiger charge is -2.35. The SMILES string of the molecule is Cc1ccc(Cl)cc1NC(=O)CSc1ccc(N2CCC(C(=O)N3CCCCC3)CC2)nn1. The minimum atomic E-state index is -0.114. The van der Waals surface area contributed by atoms with Crippen LogP contribution in [0.25, 0.3) is 0 Å². The molecule has 3 heterocycles. The summed E-state index contributed by atoms with van der Waals surface area (Å²) >= 11 is 7.36. The standard InChI is InChI=1S/C24H30ClN5O2S/c1-17-5-6-19(25)15-20(17)26-22(31)16-33-23-8-7-21(27-28-23)29-13-9-18(10-14-29)24(32)30-11-3-2-4-12-30/h5-8,15,18H,2-4,9-14,16H2,1H3,(H,26,31). The van der Waals surface area contributed by atoms with Gasteiger partial charge in [-0.05, 0) is 68.9 Å². The number of aryl methyl sites for hydroxylation is 1. The highest BCUT2D eigenvalue weighted by atomic mass is 35.5. The Morgan fingerprint density at radius 1 is 1.06 bits per heavy atom. The van der Waals surface area contributed by atoms with Crippen LogP contribution in [0.2, 0.25) is 5.02 Å². The number of likely N-dealkylation sites (tertiary alicyclic amines) is 1. The molecule has 1 aromatic carbocycles. The van der Waals surface area contributed by atoms with Crippen LogP contribution in [0.15, 0.2) is 35.4 Å². The summed E-state index contributed by atoms with van der Waals surface area (Å²) in [6.07, 6.45) is 5.22. The number of thioether (sulfide) groups is 1. The van der Waals surface area contributed by atoms with Crippen LogP contribution in [-0.4, -0.2) is 58.8 Å². The molecule has 2 aromatic rings. The summed E-state index contributed by atoms with van der Waals surface area (Å²) in [6.45, 7) is 5.38. The van der Waals surface area contributed by atoms with E-state index in [1.54, 1.807) is 12.1 Å². The number of nitrogens with one attached hydrogen (secondary N) is 1. The van der Waals surface area contributed by atoms with Crippen molar-refractivity contribution < 1.29 is 9.59 Å². The van der Waals surface area contributed by atoms with Crippen molar-refractivity contribution in [3.63, 3.8) is 0 Å². The molecule has 0 radical (unpaired) electrons. The van der Waals surface area contributed by atoms with Crippen molar-refractivity contribution in [2.75, 3.05) is 42.1 Å². The summed E-state index contributed by atoms with van der Waals surface area (Å²) in [5, 5.41) is 12.8. The van der Waals surface area contributed by atoms with Gasteiger partial charge in [-0.3, -0.25) is 9.59 Å². The second kappa shape index (κ2) is 11.2. The Bertz CT molecular complexity index is 973. The Labute approximate surface area is 204 Å². The molecule has 2 saturated heterocycles. The largest absolute Gasteiger partial charge is 0.355 e. The number of carbonyl (C=O) groups excluding carboxylic acids is 2. The first kappa shape index (κ1) is 23.8. The molecular formula is C24H30ClN5O2S. The normalized spacial score (nSPS) is 17.2. The molecule has 0 bridgehead atoms. The molecule has 9 heteroatoms. The average Bonchev–Trinajstić information content (AvgIpc) is 2.85. The van der Waals surface area contributed by atoms with Crippen LogP contribution in [0.3, 0.4) is 0 Å². The Kier molecular flexibility index (Phi) is 8.09. The third-order valence-corrected chi connectivity index (χ3v) is 7.44. The van der Waals surface area contributed by atoms with Gasteiger partial charge in [-0.2, -0.15) is 0 Å². The number of nitrogens with zero attached hydrogens (tertiary/aromatic N) is 4. The summed E-state index contributed by atoms with van der Waals surface area (Å²) < 4.78 is 0. The monoisotopic (exact) mass is 487 g/mol. The second-order valence-corrected chi connectivity index (χ2v) is 10.1. The quantitative estimate of drug-likeness (QED) is 0.608. The molecule has 2 amide bonds. The van der Waals surface area contributed by atoms with Gasteiger partial charge in [-0.1, -0.05) is 29.4 Å². The smallest absolute Gasteiger partial charge is 0.234 e. The van der Waals surface area contributed by atoms with Gasteiger partial charge in [-0.15, -0.1) is 10.2 Å². The average molecular weight is 488 g/mol. The van der Waals surface area contributed by atoms with Crippen LogP contribution < -0.4 is 10.2 Å². The highest BCUT2D eigenvalue weighted by molar-refractivity contribution is 7.99. The van der Waals surface area contributed by atoms with Crippen molar-refractivity contribution in [3.05, 3.63) is 40.9 Å². The predicted octanol–water partition coefficient (Wildman–Crippen LogP) is 4.40. The number of amides is 2. The third-order valence-electron chi connectivity index (χ3n) is 6.29. The first-order valence-corrected chi connectivity index (χ1v) is 12.9. The van der Waals surface area contributed by atoms with E-state index >= 15 is 0 Å². The zero-order chi connectivity index (χ0) is 23.2. The van der Waals surface area contributed by atoms with Gasteiger partial charge in [-0.25, -0.2) is 0 Å². The molecule has 4 rings (SSSR count). The number of hydrogen-bond acceptors (Lipinski definition) is 6. The van der Waals surface area contributed by atoms with Crippen molar-refractivity contribution in [3.8, 4) is 0 Å². The number of carbonyl (C=O) groups is 2. The van der Waals surface area contributed by atoms with Gasteiger partial charge in [0, 0.05) is 42.8 Å². The number of aromatic nitrogens is 2. The summed E-state index contributed by atoms with van der Waals surface area (Å²) in [5.74, 6) is 1.41. The van der Waals surface area contributed by atoms with Gasteiger partial charge in [0.05, 0.1) is 5.75 Å². The van der Waals surface area contributed by atoms with Crippen LogP contribution in [0.5, 0.6) is 0 Å². The lowest BCUT2D eigenvalue weighted by atomic mass is 9.94. The molecule has 0 aliphatic carbocycles. The summed E-state index contributed by atoms with van der Waals surface area (Å²) in [6, 6.07) is 9.27. The van der Waals surface area contributed by atoms with E-state index in [0.29, 0.717) is 16.0 Å². The van der Waals surface area contributed by atoms with Gasteiger partial charge in [0.1, 0.15) is 5.03 Å². The molecule has 1 N–H and O–H groups in total. The van der Waals surface area contributed by atoms with Crippen LogP contribution in [0.4, 0.5) is 11.5 Å². The summed E-state index contributed by atoms with van der Waals surface area (Å²) in [5.41, 5.74) is 1.68. The number of rotatable bonds is 6. The molecule has 176 valence electrons. The molecule has 0 unspecified atom stereocenters. The molecule has 1 aromatic heterocycles. The highest BCUT2D eigenvalue weighted by Crippen LogP contribution is 2.26. The maximum absolute atomic E-state index is 12.8. The minimum Gasteiger partial charge on any atom is -0.355 e. The second-order valence-electron chi connectivity index (χ2n) is 8.67. The van der Waals surface area contributed by atoms with Crippen LogP contribution >= 0.6 is 23.4 Å². The fraction of sp³-hybridized carbons (Fsp3) is 0.500. The van der Waals surface area contributed by atoms with Crippen molar-refractivity contribution in [1.29, 1.82) is 0 Å². The van der Waals surface area contributed by atoms with E-state index < -0.39 is 0 Å². The first-order valence-electron chi connectivity index (χ1n) is 11.6. The number of piperidine rings is 2. The molecule has 0 atom stereocenters. The molecule has 0 spiro atoms. The molecule has 2 aliphatic rings. The van der Waals surface area contributed by atoms with E-state index in [1.165, 1.54) is 18.2 Å². The van der Waals surface area contributed by atoms with Crippen molar-refractivity contribution in [2.45, 2.75) is 44.1 Å². The molecule has 2 aliphatic heterocycles. The Morgan fingerprint density at radius 2 is 1.82 bits per heavy atom. The Balaban J connectivity index is 1.23. The van der Waals surface area contributed by atoms with Gasteiger partial charge in [0.15, 0.2) is 5.82 Å². The van der Waals surface area contributed by atoms with E-state index in [9.17, 15) is 9.59 Å². The zero-order valence-corrected chi connectivity index (χ0v) is 20.5. The number of halogens is 1. The third kappa shape index (κ3) is 6.38. The highest BCUT2D eigenvalue weighted by Gasteiger charge is 2.29. The number of anilines is 2. The van der Waals surface area contributed by atoms with Crippen LogP contribution in [-0.2, 0) is 9.59 Å². The number of benzene rings is 1. The Hall–Kier alpha value is -2.32. The van der Waals surface area contributed by atoms with Crippen LogP contribution in [0, 0.1) is 12.8 Å². The minimum absolute atomic E-state index is 0.114. The van der Waals surface area contributed by atoms with E-state index in [2.05, 4.69) is 25.3 Å². The van der Waals surface area contributed by atoms with Gasteiger partial charge >= 0.3 is 0 Å². The van der Waals surface area contributed by atoms with Gasteiger partial charge in [0.25, 0.3) is 0 Å². The first-order chi connectivity index (χ1) is 16.0. The van der Waals surface area contributed by atoms with E-state index in [1.807, 2.05) is 25.1 Å². The van der Waals surface area contributed by atoms with E-state index in [-0.39, 0.29) is 17.6 Å². The molecule has 0 saturated carbocycles. The van der Waals surface area contributed by atoms with Gasteiger partial charge < -0.3 is 15.1 Å². The molecule has 33 heavy (non-hydrogen) atoms. The Morgan fingerprint density at radius 3 is 2.52 bits per heavy atom. The van der Waals surface area contributed by atoms with Crippen LogP contribution in [0.1, 0.15) is 37.7 Å². The predicted molar refractivity (Wildman–Crippen MR) is 133 cm³/mol. The summed E-state index contributed by atoms with van der Waals surface area (Å²) in [4.78, 5) is 29.3. The topological polar surface area (TPSA) is 78.4 Å². The lowest BCUT2D eigenvalue weighted by molar-refractivity contribution is -0.137. The van der Waals surface area contributed by atoms with Crippen molar-refractivity contribution >= 4 is 46.7 Å². The maximum Gasteiger partial charge on any atom is 0.234 e. The zero-order valence-electron chi connectivity index (χ0n) is 18.9. The van der Waals surface area contributed by atoms with Gasteiger partial charge in [0.2, 0.25) is 11.8 Å². The fourth-order valence-corrected chi connectivity index (χ4v) is 5.13. The maximum atomic E-state index is 12.8. The van der Waals surface area contributed by atoms with Crippen molar-refractivity contribution in [2.24, 2.45) is 5.92 Å². The lowest BCUT2D eigenvalue weighted by Crippen LogP contribution is -2.44. The molecule has 2 fully saturated rings. The molecule has 7 nitrogen and oxygen atoms in total.